The molecule has 0 aliphatic rings. The fourth-order valence-corrected chi connectivity index (χ4v) is 4.76. The standard InChI is InChI=1S/C25H26N4O3/c1-4-6-18(12-23(30)31)29-22-11-17(13-26)9-10-21(22)28(25(29)32)16(3)19-14-27-20-8-5-7-15(2)24(19)20/h5,7-11,14,16,18,27H,4,6,12H2,1-3H3,(H,30,31). The zero-order valence-electron chi connectivity index (χ0n) is 18.4. The Bertz CT molecular complexity index is 1420. The molecule has 2 N–H and O–H groups in total. The second kappa shape index (κ2) is 8.39. The largest absolute Gasteiger partial charge is 0.481 e. The normalized spacial score (nSPS) is 13.3. The van der Waals surface area contributed by atoms with Crippen molar-refractivity contribution in [2.75, 3.05) is 0 Å². The van der Waals surface area contributed by atoms with Crippen LogP contribution < -0.4 is 5.69 Å². The molecule has 2 aromatic carbocycles. The molecule has 0 saturated heterocycles. The Morgan fingerprint density at radius 3 is 2.69 bits per heavy atom. The number of carboxylic acids is 1. The highest BCUT2D eigenvalue weighted by Crippen LogP contribution is 2.32. The van der Waals surface area contributed by atoms with E-state index in [0.29, 0.717) is 23.0 Å². The van der Waals surface area contributed by atoms with Crippen LogP contribution in [0.4, 0.5) is 0 Å². The first kappa shape index (κ1) is 21.4. The monoisotopic (exact) mass is 430 g/mol. The van der Waals surface area contributed by atoms with Gasteiger partial charge in [0.2, 0.25) is 0 Å². The van der Waals surface area contributed by atoms with Crippen molar-refractivity contribution >= 4 is 27.9 Å². The first-order valence-electron chi connectivity index (χ1n) is 10.8. The third-order valence-corrected chi connectivity index (χ3v) is 6.22. The highest BCUT2D eigenvalue weighted by Gasteiger charge is 2.26. The van der Waals surface area contributed by atoms with Gasteiger partial charge in [0, 0.05) is 28.7 Å². The van der Waals surface area contributed by atoms with Crippen LogP contribution in [0.5, 0.6) is 0 Å². The third kappa shape index (κ3) is 3.48. The van der Waals surface area contributed by atoms with Gasteiger partial charge in [-0.1, -0.05) is 25.5 Å². The zero-order valence-corrected chi connectivity index (χ0v) is 18.4. The van der Waals surface area contributed by atoms with Gasteiger partial charge >= 0.3 is 11.7 Å². The molecule has 7 heteroatoms. The van der Waals surface area contributed by atoms with E-state index in [0.717, 1.165) is 28.5 Å². The lowest BCUT2D eigenvalue weighted by Gasteiger charge is -2.17. The summed E-state index contributed by atoms with van der Waals surface area (Å²) in [6, 6.07) is 12.6. The number of fused-ring (bicyclic) bond motifs is 2. The van der Waals surface area contributed by atoms with Crippen molar-refractivity contribution in [3.63, 3.8) is 0 Å². The highest BCUT2D eigenvalue weighted by atomic mass is 16.4. The maximum absolute atomic E-state index is 13.8. The molecule has 2 heterocycles. The van der Waals surface area contributed by atoms with Crippen molar-refractivity contribution in [1.29, 1.82) is 5.26 Å². The van der Waals surface area contributed by atoms with E-state index in [4.69, 9.17) is 0 Å². The molecule has 0 radical (unpaired) electrons. The number of aromatic amines is 1. The Morgan fingerprint density at radius 1 is 1.22 bits per heavy atom. The second-order valence-electron chi connectivity index (χ2n) is 8.30. The number of aliphatic carboxylic acids is 1. The van der Waals surface area contributed by atoms with Gasteiger partial charge in [-0.05, 0) is 50.1 Å². The molecule has 0 bridgehead atoms. The van der Waals surface area contributed by atoms with Crippen molar-refractivity contribution in [3.05, 3.63) is 69.8 Å². The summed E-state index contributed by atoms with van der Waals surface area (Å²) in [6.45, 7) is 5.99. The molecular weight excluding hydrogens is 404 g/mol. The van der Waals surface area contributed by atoms with Crippen LogP contribution in [0, 0.1) is 18.3 Å². The summed E-state index contributed by atoms with van der Waals surface area (Å²) in [5.41, 5.74) is 4.57. The summed E-state index contributed by atoms with van der Waals surface area (Å²) in [5.74, 6) is -0.951. The summed E-state index contributed by atoms with van der Waals surface area (Å²) in [6.07, 6.45) is 3.08. The minimum atomic E-state index is -0.951. The first-order valence-corrected chi connectivity index (χ1v) is 10.8. The fraction of sp³-hybridized carbons (Fsp3) is 0.320. The SMILES string of the molecule is CCCC(CC(=O)O)n1c(=O)n(C(C)c2c[nH]c3cccc(C)c23)c2ccc(C#N)cc21. The molecule has 2 unspecified atom stereocenters. The summed E-state index contributed by atoms with van der Waals surface area (Å²) in [5, 5.41) is 20.0. The Labute approximate surface area is 185 Å². The molecule has 7 nitrogen and oxygen atoms in total. The van der Waals surface area contributed by atoms with E-state index < -0.39 is 12.0 Å². The molecule has 32 heavy (non-hydrogen) atoms. The van der Waals surface area contributed by atoms with E-state index in [1.807, 2.05) is 45.2 Å². The average Bonchev–Trinajstić information content (AvgIpc) is 3.31. The first-order chi connectivity index (χ1) is 15.4. The minimum Gasteiger partial charge on any atom is -0.481 e. The van der Waals surface area contributed by atoms with Crippen LogP contribution in [0.25, 0.3) is 21.9 Å². The van der Waals surface area contributed by atoms with Gasteiger partial charge in [-0.25, -0.2) is 4.79 Å². The molecule has 0 spiro atoms. The quantitative estimate of drug-likeness (QED) is 0.436. The number of benzene rings is 2. The van der Waals surface area contributed by atoms with Crippen LogP contribution in [0.1, 0.15) is 61.9 Å². The Balaban J connectivity index is 1.99. The summed E-state index contributed by atoms with van der Waals surface area (Å²) in [4.78, 5) is 28.6. The number of imidazole rings is 1. The van der Waals surface area contributed by atoms with E-state index in [-0.39, 0.29) is 18.2 Å². The Morgan fingerprint density at radius 2 is 2.00 bits per heavy atom. The van der Waals surface area contributed by atoms with Gasteiger partial charge in [-0.15, -0.1) is 0 Å². The fourth-order valence-electron chi connectivity index (χ4n) is 4.76. The number of H-pyrrole nitrogens is 1. The van der Waals surface area contributed by atoms with Gasteiger partial charge in [-0.3, -0.25) is 13.9 Å². The van der Waals surface area contributed by atoms with Crippen molar-refractivity contribution < 1.29 is 9.90 Å². The van der Waals surface area contributed by atoms with Gasteiger partial charge in [0.25, 0.3) is 0 Å². The Hall–Kier alpha value is -3.79. The molecule has 4 rings (SSSR count). The average molecular weight is 431 g/mol. The number of carbonyl (C=O) groups is 1. The van der Waals surface area contributed by atoms with E-state index in [1.54, 1.807) is 27.3 Å². The number of hydrogen-bond acceptors (Lipinski definition) is 3. The van der Waals surface area contributed by atoms with Crippen molar-refractivity contribution in [2.45, 2.75) is 52.1 Å². The van der Waals surface area contributed by atoms with Gasteiger partial charge < -0.3 is 10.1 Å². The number of carboxylic acid groups (broad SMARTS) is 1. The molecule has 2 aromatic heterocycles. The maximum atomic E-state index is 13.8. The van der Waals surface area contributed by atoms with Crippen LogP contribution in [0.15, 0.2) is 47.4 Å². The van der Waals surface area contributed by atoms with E-state index in [9.17, 15) is 20.0 Å². The minimum absolute atomic E-state index is 0.149. The van der Waals surface area contributed by atoms with Crippen LogP contribution in [-0.2, 0) is 4.79 Å². The molecule has 0 fully saturated rings. The third-order valence-electron chi connectivity index (χ3n) is 6.22. The lowest BCUT2D eigenvalue weighted by Crippen LogP contribution is -2.30. The highest BCUT2D eigenvalue weighted by molar-refractivity contribution is 5.87. The van der Waals surface area contributed by atoms with E-state index >= 15 is 0 Å². The number of nitriles is 1. The van der Waals surface area contributed by atoms with Gasteiger partial charge in [-0.2, -0.15) is 5.26 Å². The van der Waals surface area contributed by atoms with E-state index in [1.165, 1.54) is 0 Å². The molecule has 0 aliphatic heterocycles. The smallest absolute Gasteiger partial charge is 0.329 e. The number of aryl methyl sites for hydroxylation is 1. The lowest BCUT2D eigenvalue weighted by molar-refractivity contribution is -0.137. The molecule has 0 aliphatic carbocycles. The lowest BCUT2D eigenvalue weighted by atomic mass is 10.0. The van der Waals surface area contributed by atoms with Crippen LogP contribution in [0.2, 0.25) is 0 Å². The molecule has 2 atom stereocenters. The van der Waals surface area contributed by atoms with E-state index in [2.05, 4.69) is 11.1 Å². The number of rotatable bonds is 7. The molecule has 164 valence electrons. The van der Waals surface area contributed by atoms with Crippen LogP contribution in [-0.4, -0.2) is 25.2 Å². The van der Waals surface area contributed by atoms with Crippen molar-refractivity contribution in [1.82, 2.24) is 14.1 Å². The maximum Gasteiger partial charge on any atom is 0.329 e. The van der Waals surface area contributed by atoms with Crippen molar-refractivity contribution in [2.24, 2.45) is 0 Å². The topological polar surface area (TPSA) is 104 Å². The predicted octanol–water partition coefficient (Wildman–Crippen LogP) is 4.89. The molecule has 0 amide bonds. The number of aromatic nitrogens is 3. The van der Waals surface area contributed by atoms with Gasteiger partial charge in [0.1, 0.15) is 0 Å². The van der Waals surface area contributed by atoms with Crippen molar-refractivity contribution in [3.8, 4) is 6.07 Å². The number of nitrogens with one attached hydrogen (secondary N) is 1. The predicted molar refractivity (Wildman–Crippen MR) is 124 cm³/mol. The summed E-state index contributed by atoms with van der Waals surface area (Å²) >= 11 is 0. The Kier molecular flexibility index (Phi) is 5.62. The van der Waals surface area contributed by atoms with Crippen LogP contribution in [0.3, 0.4) is 0 Å². The molecule has 0 saturated carbocycles. The van der Waals surface area contributed by atoms with Gasteiger partial charge in [0.15, 0.2) is 0 Å². The summed E-state index contributed by atoms with van der Waals surface area (Å²) < 4.78 is 3.29. The summed E-state index contributed by atoms with van der Waals surface area (Å²) in [7, 11) is 0. The van der Waals surface area contributed by atoms with Gasteiger partial charge in [0.05, 0.1) is 35.1 Å². The zero-order chi connectivity index (χ0) is 23.0. The second-order valence-corrected chi connectivity index (χ2v) is 8.30. The number of hydrogen-bond donors (Lipinski definition) is 2. The van der Waals surface area contributed by atoms with Crippen LogP contribution >= 0.6 is 0 Å². The molecule has 4 aromatic rings. The number of nitrogens with zero attached hydrogens (tertiary/aromatic N) is 3. The molecular formula is C25H26N4O3.